The van der Waals surface area contributed by atoms with Gasteiger partial charge >= 0.3 is 5.97 Å². The van der Waals surface area contributed by atoms with Gasteiger partial charge in [0.1, 0.15) is 0 Å². The van der Waals surface area contributed by atoms with E-state index in [4.69, 9.17) is 9.84 Å². The summed E-state index contributed by atoms with van der Waals surface area (Å²) in [4.78, 5) is 10.3. The number of hydrogen-bond acceptors (Lipinski definition) is 5. The lowest BCUT2D eigenvalue weighted by atomic mass is 10.2. The molecule has 0 aliphatic carbocycles. The molecule has 0 atom stereocenters. The number of rotatable bonds is 13. The first kappa shape index (κ1) is 17.6. The predicted octanol–water partition coefficient (Wildman–Crippen LogP) is 0.404. The van der Waals surface area contributed by atoms with Crippen LogP contribution in [0.4, 0.5) is 0 Å². The molecule has 0 radical (unpaired) electrons. The Bertz CT molecular complexity index is 374. The van der Waals surface area contributed by atoms with Crippen molar-refractivity contribution in [3.05, 3.63) is 35.9 Å². The Labute approximate surface area is 125 Å². The highest BCUT2D eigenvalue weighted by molar-refractivity contribution is 5.68. The van der Waals surface area contributed by atoms with E-state index in [2.05, 4.69) is 16.0 Å². The summed E-state index contributed by atoms with van der Waals surface area (Å²) < 4.78 is 5.50. The maximum atomic E-state index is 10.3. The van der Waals surface area contributed by atoms with Gasteiger partial charge in [0.2, 0.25) is 0 Å². The van der Waals surface area contributed by atoms with Crippen LogP contribution in [-0.2, 0) is 16.1 Å². The van der Waals surface area contributed by atoms with E-state index in [1.54, 1.807) is 0 Å². The molecule has 0 aliphatic heterocycles. The standard InChI is InChI=1S/C15H25N3O3/c19-15(20)11-17-8-4-7-16-9-10-18-13-21-12-14-5-2-1-3-6-14/h1-3,5-6,16-18H,4,7-13H2,(H,19,20). The lowest BCUT2D eigenvalue weighted by molar-refractivity contribution is -0.135. The summed E-state index contributed by atoms with van der Waals surface area (Å²) >= 11 is 0. The lowest BCUT2D eigenvalue weighted by Crippen LogP contribution is -2.31. The SMILES string of the molecule is O=C(O)CNCCCNCCNCOCc1ccccc1. The van der Waals surface area contributed by atoms with Gasteiger partial charge in [-0.3, -0.25) is 10.1 Å². The summed E-state index contributed by atoms with van der Waals surface area (Å²) in [6, 6.07) is 10.1. The first-order chi connectivity index (χ1) is 10.3. The fourth-order valence-corrected chi connectivity index (χ4v) is 1.72. The third-order valence-electron chi connectivity index (χ3n) is 2.78. The molecule has 1 aromatic carbocycles. The van der Waals surface area contributed by atoms with Crippen LogP contribution in [0.2, 0.25) is 0 Å². The number of benzene rings is 1. The van der Waals surface area contributed by atoms with Gasteiger partial charge in [-0.1, -0.05) is 30.3 Å². The molecule has 0 amide bonds. The summed E-state index contributed by atoms with van der Waals surface area (Å²) in [7, 11) is 0. The number of aliphatic carboxylic acids is 1. The highest BCUT2D eigenvalue weighted by Crippen LogP contribution is 1.99. The smallest absolute Gasteiger partial charge is 0.317 e. The van der Waals surface area contributed by atoms with Crippen molar-refractivity contribution in [2.75, 3.05) is 39.5 Å². The number of ether oxygens (including phenoxy) is 1. The van der Waals surface area contributed by atoms with Crippen LogP contribution in [0.1, 0.15) is 12.0 Å². The van der Waals surface area contributed by atoms with Crippen molar-refractivity contribution in [3.8, 4) is 0 Å². The molecule has 21 heavy (non-hydrogen) atoms. The van der Waals surface area contributed by atoms with Crippen molar-refractivity contribution >= 4 is 5.97 Å². The molecule has 0 fully saturated rings. The van der Waals surface area contributed by atoms with Crippen LogP contribution in [0.25, 0.3) is 0 Å². The zero-order valence-corrected chi connectivity index (χ0v) is 12.3. The third kappa shape index (κ3) is 10.9. The van der Waals surface area contributed by atoms with Crippen molar-refractivity contribution in [1.29, 1.82) is 0 Å². The molecule has 0 heterocycles. The fourth-order valence-electron chi connectivity index (χ4n) is 1.72. The van der Waals surface area contributed by atoms with Gasteiger partial charge in [0, 0.05) is 13.1 Å². The van der Waals surface area contributed by atoms with Gasteiger partial charge in [0.25, 0.3) is 0 Å². The molecular formula is C15H25N3O3. The van der Waals surface area contributed by atoms with Crippen LogP contribution >= 0.6 is 0 Å². The van der Waals surface area contributed by atoms with Gasteiger partial charge in [0.15, 0.2) is 0 Å². The number of hydrogen-bond donors (Lipinski definition) is 4. The average molecular weight is 295 g/mol. The van der Waals surface area contributed by atoms with E-state index in [-0.39, 0.29) is 6.54 Å². The van der Waals surface area contributed by atoms with Crippen molar-refractivity contribution in [2.45, 2.75) is 13.0 Å². The normalized spacial score (nSPS) is 10.7. The Morgan fingerprint density at radius 3 is 2.48 bits per heavy atom. The van der Waals surface area contributed by atoms with Crippen molar-refractivity contribution in [2.24, 2.45) is 0 Å². The van der Waals surface area contributed by atoms with Crippen LogP contribution in [0, 0.1) is 0 Å². The number of carbonyl (C=O) groups is 1. The third-order valence-corrected chi connectivity index (χ3v) is 2.78. The van der Waals surface area contributed by atoms with E-state index in [0.29, 0.717) is 19.9 Å². The van der Waals surface area contributed by atoms with Gasteiger partial charge in [-0.2, -0.15) is 0 Å². The summed E-state index contributed by atoms with van der Waals surface area (Å²) in [6.07, 6.45) is 0.914. The Hall–Kier alpha value is -1.47. The molecule has 118 valence electrons. The van der Waals surface area contributed by atoms with Gasteiger partial charge in [-0.15, -0.1) is 0 Å². The Kier molecular flexibility index (Phi) is 10.3. The van der Waals surface area contributed by atoms with E-state index in [9.17, 15) is 4.79 Å². The summed E-state index contributed by atoms with van der Waals surface area (Å²) in [5.74, 6) is -0.817. The summed E-state index contributed by atoms with van der Waals surface area (Å²) in [5.41, 5.74) is 1.17. The second-order valence-electron chi connectivity index (χ2n) is 4.65. The molecule has 6 heteroatoms. The minimum atomic E-state index is -0.817. The molecule has 0 spiro atoms. The molecule has 0 saturated carbocycles. The largest absolute Gasteiger partial charge is 0.480 e. The van der Waals surface area contributed by atoms with E-state index in [0.717, 1.165) is 26.1 Å². The molecule has 0 saturated heterocycles. The van der Waals surface area contributed by atoms with E-state index < -0.39 is 5.97 Å². The first-order valence-electron chi connectivity index (χ1n) is 7.24. The van der Waals surface area contributed by atoms with Crippen molar-refractivity contribution in [1.82, 2.24) is 16.0 Å². The maximum Gasteiger partial charge on any atom is 0.317 e. The fraction of sp³-hybridized carbons (Fsp3) is 0.533. The number of carboxylic acid groups (broad SMARTS) is 1. The van der Waals surface area contributed by atoms with Crippen LogP contribution in [-0.4, -0.2) is 50.5 Å². The zero-order chi connectivity index (χ0) is 15.2. The first-order valence-corrected chi connectivity index (χ1v) is 7.24. The maximum absolute atomic E-state index is 10.3. The summed E-state index contributed by atoms with van der Waals surface area (Å²) in [6.45, 7) is 4.49. The average Bonchev–Trinajstić information content (AvgIpc) is 2.49. The van der Waals surface area contributed by atoms with E-state index in [1.165, 1.54) is 5.56 Å². The Morgan fingerprint density at radius 1 is 1.00 bits per heavy atom. The molecule has 0 aromatic heterocycles. The highest BCUT2D eigenvalue weighted by atomic mass is 16.5. The molecular weight excluding hydrogens is 270 g/mol. The van der Waals surface area contributed by atoms with Crippen LogP contribution in [0.3, 0.4) is 0 Å². The zero-order valence-electron chi connectivity index (χ0n) is 12.3. The van der Waals surface area contributed by atoms with Crippen LogP contribution in [0.5, 0.6) is 0 Å². The monoisotopic (exact) mass is 295 g/mol. The molecule has 0 aliphatic rings. The van der Waals surface area contributed by atoms with Crippen molar-refractivity contribution in [3.63, 3.8) is 0 Å². The van der Waals surface area contributed by atoms with Crippen LogP contribution in [0.15, 0.2) is 30.3 Å². The molecule has 6 nitrogen and oxygen atoms in total. The van der Waals surface area contributed by atoms with Gasteiger partial charge in [-0.05, 0) is 25.1 Å². The van der Waals surface area contributed by atoms with Gasteiger partial charge in [-0.25, -0.2) is 0 Å². The molecule has 0 unspecified atom stereocenters. The Balaban J connectivity index is 1.78. The Morgan fingerprint density at radius 2 is 1.71 bits per heavy atom. The molecule has 4 N–H and O–H groups in total. The topological polar surface area (TPSA) is 82.6 Å². The van der Waals surface area contributed by atoms with Gasteiger partial charge in [0.05, 0.1) is 19.9 Å². The van der Waals surface area contributed by atoms with Gasteiger partial charge < -0.3 is 20.5 Å². The lowest BCUT2D eigenvalue weighted by Gasteiger charge is -2.08. The second kappa shape index (κ2) is 12.3. The molecule has 0 bridgehead atoms. The van der Waals surface area contributed by atoms with E-state index >= 15 is 0 Å². The number of nitrogens with one attached hydrogen (secondary N) is 3. The second-order valence-corrected chi connectivity index (χ2v) is 4.65. The predicted molar refractivity (Wildman–Crippen MR) is 82.1 cm³/mol. The minimum absolute atomic E-state index is 0.0281. The molecule has 1 aromatic rings. The summed E-state index contributed by atoms with van der Waals surface area (Å²) in [5, 5.41) is 17.7. The molecule has 1 rings (SSSR count). The van der Waals surface area contributed by atoms with Crippen molar-refractivity contribution < 1.29 is 14.6 Å². The highest BCUT2D eigenvalue weighted by Gasteiger charge is 1.94. The number of carboxylic acids is 1. The quantitative estimate of drug-likeness (QED) is 0.312. The minimum Gasteiger partial charge on any atom is -0.480 e. The van der Waals surface area contributed by atoms with E-state index in [1.807, 2.05) is 30.3 Å². The van der Waals surface area contributed by atoms with Crippen LogP contribution < -0.4 is 16.0 Å².